The summed E-state index contributed by atoms with van der Waals surface area (Å²) in [5, 5.41) is 0. The minimum atomic E-state index is 0.0598. The van der Waals surface area contributed by atoms with Gasteiger partial charge in [-0.3, -0.25) is 0 Å². The summed E-state index contributed by atoms with van der Waals surface area (Å²) in [6, 6.07) is 8.70. The van der Waals surface area contributed by atoms with Crippen LogP contribution in [0.2, 0.25) is 0 Å². The van der Waals surface area contributed by atoms with Crippen LogP contribution in [0.15, 0.2) is 41.8 Å². The van der Waals surface area contributed by atoms with Gasteiger partial charge in [-0.15, -0.1) is 29.9 Å². The maximum Gasteiger partial charge on any atom is 0.0312 e. The molecule has 1 aliphatic rings. The molecular weight excluding hydrogens is 236 g/mol. The van der Waals surface area contributed by atoms with Crippen molar-refractivity contribution in [3.8, 4) is 0 Å². The van der Waals surface area contributed by atoms with Crippen LogP contribution in [0.5, 0.6) is 0 Å². The van der Waals surface area contributed by atoms with Crippen LogP contribution in [0.1, 0.15) is 24.8 Å². The maximum atomic E-state index is 6.04. The minimum absolute atomic E-state index is 0.0598. The maximum absolute atomic E-state index is 6.04. The summed E-state index contributed by atoms with van der Waals surface area (Å²) in [5.74, 6) is 2.46. The van der Waals surface area contributed by atoms with Gasteiger partial charge in [-0.1, -0.05) is 31.2 Å². The zero-order valence-electron chi connectivity index (χ0n) is 9.58. The highest BCUT2D eigenvalue weighted by molar-refractivity contribution is 7.99. The van der Waals surface area contributed by atoms with Crippen LogP contribution in [0.3, 0.4) is 0 Å². The molecule has 2 atom stereocenters. The van der Waals surface area contributed by atoms with Gasteiger partial charge >= 0.3 is 0 Å². The summed E-state index contributed by atoms with van der Waals surface area (Å²) in [5.41, 5.74) is 1.55. The molecule has 0 fully saturated rings. The molecule has 0 bridgehead atoms. The van der Waals surface area contributed by atoms with Crippen molar-refractivity contribution >= 4 is 23.4 Å². The van der Waals surface area contributed by atoms with E-state index in [0.29, 0.717) is 11.8 Å². The van der Waals surface area contributed by atoms with Crippen molar-refractivity contribution in [2.24, 2.45) is 5.41 Å². The number of fused-ring (bicyclic) bond motifs is 1. The number of allylic oxidation sites excluding steroid dienone is 1. The van der Waals surface area contributed by atoms with Gasteiger partial charge in [0, 0.05) is 16.5 Å². The first kappa shape index (κ1) is 12.1. The Morgan fingerprint density at radius 2 is 2.31 bits per heavy atom. The molecule has 0 aromatic heterocycles. The Kier molecular flexibility index (Phi) is 3.66. The lowest BCUT2D eigenvalue weighted by Crippen LogP contribution is -2.19. The van der Waals surface area contributed by atoms with E-state index in [9.17, 15) is 0 Å². The fourth-order valence-electron chi connectivity index (χ4n) is 2.15. The lowest BCUT2D eigenvalue weighted by Gasteiger charge is -2.26. The van der Waals surface area contributed by atoms with Crippen LogP contribution < -0.4 is 0 Å². The summed E-state index contributed by atoms with van der Waals surface area (Å²) < 4.78 is 0. The summed E-state index contributed by atoms with van der Waals surface area (Å²) in [4.78, 5) is 1.44. The molecule has 0 radical (unpaired) electrons. The van der Waals surface area contributed by atoms with E-state index < -0.39 is 0 Å². The SMILES string of the molecule is C=CC(C)(CCl)CC1CSc2ccccc21. The number of hydrogen-bond donors (Lipinski definition) is 0. The van der Waals surface area contributed by atoms with Gasteiger partial charge in [-0.25, -0.2) is 0 Å². The Hall–Kier alpha value is -0.400. The Morgan fingerprint density at radius 1 is 1.56 bits per heavy atom. The molecule has 0 N–H and O–H groups in total. The zero-order chi connectivity index (χ0) is 11.6. The average Bonchev–Trinajstić information content (AvgIpc) is 2.73. The van der Waals surface area contributed by atoms with E-state index >= 15 is 0 Å². The Bertz CT molecular complexity index is 388. The Labute approximate surface area is 107 Å². The third-order valence-corrected chi connectivity index (χ3v) is 5.17. The number of halogens is 1. The molecule has 2 unspecified atom stereocenters. The number of thioether (sulfide) groups is 1. The molecule has 1 aromatic rings. The van der Waals surface area contributed by atoms with E-state index in [1.807, 2.05) is 17.8 Å². The van der Waals surface area contributed by atoms with Gasteiger partial charge in [0.1, 0.15) is 0 Å². The summed E-state index contributed by atoms with van der Waals surface area (Å²) in [6.45, 7) is 6.10. The first-order chi connectivity index (χ1) is 7.68. The Balaban J connectivity index is 2.17. The third kappa shape index (κ3) is 2.31. The molecule has 0 saturated carbocycles. The normalized spacial score (nSPS) is 22.5. The predicted octanol–water partition coefficient (Wildman–Crippen LogP) is 4.70. The summed E-state index contributed by atoms with van der Waals surface area (Å²) >= 11 is 8.00. The minimum Gasteiger partial charge on any atom is -0.126 e. The largest absolute Gasteiger partial charge is 0.126 e. The van der Waals surface area contributed by atoms with E-state index in [4.69, 9.17) is 11.6 Å². The topological polar surface area (TPSA) is 0 Å². The highest BCUT2D eigenvalue weighted by Crippen LogP contribution is 2.45. The van der Waals surface area contributed by atoms with Crippen molar-refractivity contribution < 1.29 is 0 Å². The highest BCUT2D eigenvalue weighted by atomic mass is 35.5. The predicted molar refractivity (Wildman–Crippen MR) is 73.5 cm³/mol. The molecule has 0 aliphatic carbocycles. The molecule has 86 valence electrons. The van der Waals surface area contributed by atoms with Gasteiger partial charge < -0.3 is 0 Å². The first-order valence-electron chi connectivity index (χ1n) is 5.60. The summed E-state index contributed by atoms with van der Waals surface area (Å²) in [6.07, 6.45) is 3.11. The van der Waals surface area contributed by atoms with Crippen LogP contribution in [-0.2, 0) is 0 Å². The molecule has 1 aliphatic heterocycles. The molecule has 16 heavy (non-hydrogen) atoms. The van der Waals surface area contributed by atoms with E-state index in [1.165, 1.54) is 16.2 Å². The van der Waals surface area contributed by atoms with E-state index in [0.717, 1.165) is 6.42 Å². The second kappa shape index (κ2) is 4.85. The van der Waals surface area contributed by atoms with Gasteiger partial charge in [0.2, 0.25) is 0 Å². The number of alkyl halides is 1. The third-order valence-electron chi connectivity index (χ3n) is 3.31. The number of benzene rings is 1. The molecule has 1 heterocycles. The van der Waals surface area contributed by atoms with Gasteiger partial charge in [0.25, 0.3) is 0 Å². The van der Waals surface area contributed by atoms with Crippen molar-refractivity contribution in [2.75, 3.05) is 11.6 Å². The smallest absolute Gasteiger partial charge is 0.0312 e. The molecule has 2 rings (SSSR count). The van der Waals surface area contributed by atoms with Crippen molar-refractivity contribution in [3.05, 3.63) is 42.5 Å². The average molecular weight is 253 g/mol. The fraction of sp³-hybridized carbons (Fsp3) is 0.429. The molecule has 0 saturated heterocycles. The molecule has 0 amide bonds. The zero-order valence-corrected chi connectivity index (χ0v) is 11.2. The highest BCUT2D eigenvalue weighted by Gasteiger charge is 2.29. The molecule has 1 aromatic carbocycles. The first-order valence-corrected chi connectivity index (χ1v) is 7.12. The van der Waals surface area contributed by atoms with Crippen molar-refractivity contribution in [1.29, 1.82) is 0 Å². The van der Waals surface area contributed by atoms with E-state index in [2.05, 4.69) is 37.8 Å². The summed E-state index contributed by atoms with van der Waals surface area (Å²) in [7, 11) is 0. The van der Waals surface area contributed by atoms with Gasteiger partial charge in [0.05, 0.1) is 0 Å². The molecular formula is C14H17ClS. The molecule has 0 spiro atoms. The van der Waals surface area contributed by atoms with Crippen molar-refractivity contribution in [3.63, 3.8) is 0 Å². The number of rotatable bonds is 4. The second-order valence-corrected chi connectivity index (χ2v) is 6.07. The van der Waals surface area contributed by atoms with E-state index in [1.54, 1.807) is 0 Å². The monoisotopic (exact) mass is 252 g/mol. The van der Waals surface area contributed by atoms with Crippen molar-refractivity contribution in [1.82, 2.24) is 0 Å². The van der Waals surface area contributed by atoms with Crippen LogP contribution in [0.25, 0.3) is 0 Å². The molecule has 0 nitrogen and oxygen atoms in total. The van der Waals surface area contributed by atoms with Crippen LogP contribution >= 0.6 is 23.4 Å². The lowest BCUT2D eigenvalue weighted by molar-refractivity contribution is 0.411. The standard InChI is InChI=1S/C14H17ClS/c1-3-14(2,10-15)8-11-9-16-13-7-5-4-6-12(11)13/h3-7,11H,1,8-10H2,2H3. The van der Waals surface area contributed by atoms with Gasteiger partial charge in [0.15, 0.2) is 0 Å². The second-order valence-electron chi connectivity index (χ2n) is 4.74. The van der Waals surface area contributed by atoms with Gasteiger partial charge in [-0.05, 0) is 29.4 Å². The molecule has 2 heteroatoms. The van der Waals surface area contributed by atoms with Crippen LogP contribution in [0.4, 0.5) is 0 Å². The van der Waals surface area contributed by atoms with Crippen LogP contribution in [0, 0.1) is 5.41 Å². The number of hydrogen-bond acceptors (Lipinski definition) is 1. The fourth-order valence-corrected chi connectivity index (χ4v) is 3.63. The Morgan fingerprint density at radius 3 is 3.00 bits per heavy atom. The van der Waals surface area contributed by atoms with Crippen LogP contribution in [-0.4, -0.2) is 11.6 Å². The van der Waals surface area contributed by atoms with E-state index in [-0.39, 0.29) is 5.41 Å². The quantitative estimate of drug-likeness (QED) is 0.553. The van der Waals surface area contributed by atoms with Gasteiger partial charge in [-0.2, -0.15) is 0 Å². The van der Waals surface area contributed by atoms with Crippen molar-refractivity contribution in [2.45, 2.75) is 24.2 Å². The lowest BCUT2D eigenvalue weighted by atomic mass is 9.81.